The third-order valence-corrected chi connectivity index (χ3v) is 11.4. The molecular weight excluding hydrogens is 515 g/mol. The second kappa shape index (κ2) is 9.75. The summed E-state index contributed by atoms with van der Waals surface area (Å²) in [6, 6.07) is 24.9. The van der Waals surface area contributed by atoms with Crippen molar-refractivity contribution in [3.63, 3.8) is 0 Å². The Bertz CT molecular complexity index is 1150. The van der Waals surface area contributed by atoms with E-state index in [1.54, 1.807) is 10.8 Å². The van der Waals surface area contributed by atoms with Gasteiger partial charge in [-0.2, -0.15) is 0 Å². The van der Waals surface area contributed by atoms with Gasteiger partial charge < -0.3 is 0 Å². The summed E-state index contributed by atoms with van der Waals surface area (Å²) in [5.41, 5.74) is 8.74. The predicted octanol–water partition coefficient (Wildman–Crippen LogP) is 7.09. The van der Waals surface area contributed by atoms with E-state index in [9.17, 15) is 0 Å². The van der Waals surface area contributed by atoms with Crippen LogP contribution in [0.15, 0.2) is 85.0 Å². The molecule has 4 heteroatoms. The molecule has 31 heavy (non-hydrogen) atoms. The van der Waals surface area contributed by atoms with Gasteiger partial charge in [0.25, 0.3) is 0 Å². The van der Waals surface area contributed by atoms with Crippen molar-refractivity contribution >= 4 is 44.2 Å². The molecule has 2 aliphatic carbocycles. The van der Waals surface area contributed by atoms with Crippen LogP contribution in [0.2, 0.25) is 13.1 Å². The topological polar surface area (TPSA) is 0 Å². The van der Waals surface area contributed by atoms with Crippen molar-refractivity contribution in [3.8, 4) is 11.1 Å². The molecule has 0 aromatic heterocycles. The maximum Gasteiger partial charge on any atom is 0.101 e. The van der Waals surface area contributed by atoms with Crippen molar-refractivity contribution in [2.75, 3.05) is 0 Å². The minimum absolute atomic E-state index is 0. The summed E-state index contributed by atoms with van der Waals surface area (Å²) in [6.45, 7) is 7.27. The molecule has 0 spiro atoms. The number of hydrogen-bond donors (Lipinski definition) is 0. The SMILES string of the molecule is C/C=C\C1([Si](C)(C)c2cccc3c2Cc2ccccc2-3)C=Cc2ccccc21.Cl.Cl.[Zr]. The molecule has 0 nitrogen and oxygen atoms in total. The van der Waals surface area contributed by atoms with E-state index in [0.29, 0.717) is 0 Å². The van der Waals surface area contributed by atoms with Crippen LogP contribution in [0.3, 0.4) is 0 Å². The monoisotopic (exact) mass is 540 g/mol. The Balaban J connectivity index is 0.00000114. The zero-order valence-electron chi connectivity index (χ0n) is 18.2. The average Bonchev–Trinajstić information content (AvgIpc) is 3.28. The van der Waals surface area contributed by atoms with E-state index >= 15 is 0 Å². The van der Waals surface area contributed by atoms with E-state index < -0.39 is 8.07 Å². The van der Waals surface area contributed by atoms with Crippen LogP contribution >= 0.6 is 24.8 Å². The Labute approximate surface area is 218 Å². The number of benzene rings is 3. The molecule has 0 saturated heterocycles. The maximum absolute atomic E-state index is 2.55. The largest absolute Gasteiger partial charge is 0.147 e. The second-order valence-corrected chi connectivity index (χ2v) is 13.2. The first-order valence-electron chi connectivity index (χ1n) is 10.2. The molecule has 0 saturated carbocycles. The van der Waals surface area contributed by atoms with Gasteiger partial charge in [0.2, 0.25) is 0 Å². The molecule has 2 aliphatic rings. The summed E-state index contributed by atoms with van der Waals surface area (Å²) in [5, 5.41) is 1.60. The van der Waals surface area contributed by atoms with E-state index in [2.05, 4.69) is 111 Å². The third-order valence-electron chi connectivity index (χ3n) is 6.92. The normalized spacial score (nSPS) is 17.8. The van der Waals surface area contributed by atoms with Crippen LogP contribution in [0.1, 0.15) is 29.2 Å². The number of hydrogen-bond acceptors (Lipinski definition) is 0. The van der Waals surface area contributed by atoms with Gasteiger partial charge in [-0.1, -0.05) is 109 Å². The molecule has 0 aliphatic heterocycles. The van der Waals surface area contributed by atoms with E-state index in [1.807, 2.05) is 0 Å². The van der Waals surface area contributed by atoms with E-state index in [0.717, 1.165) is 6.42 Å². The molecule has 3 aromatic carbocycles. The van der Waals surface area contributed by atoms with Crippen molar-refractivity contribution in [1.29, 1.82) is 0 Å². The third kappa shape index (κ3) is 3.80. The molecule has 3 aromatic rings. The van der Waals surface area contributed by atoms with Gasteiger partial charge in [-0.25, -0.2) is 0 Å². The molecule has 0 N–H and O–H groups in total. The molecule has 1 atom stereocenters. The van der Waals surface area contributed by atoms with Gasteiger partial charge in [-0.15, -0.1) is 24.8 Å². The molecule has 158 valence electrons. The average molecular weight is 543 g/mol. The first-order valence-corrected chi connectivity index (χ1v) is 13.2. The summed E-state index contributed by atoms with van der Waals surface area (Å²) in [6.07, 6.45) is 10.6. The zero-order valence-corrected chi connectivity index (χ0v) is 23.3. The second-order valence-electron chi connectivity index (χ2n) is 8.58. The van der Waals surface area contributed by atoms with Gasteiger partial charge in [-0.3, -0.25) is 0 Å². The number of rotatable bonds is 3. The van der Waals surface area contributed by atoms with Gasteiger partial charge >= 0.3 is 0 Å². The van der Waals surface area contributed by atoms with Gasteiger partial charge in [0.1, 0.15) is 8.07 Å². The van der Waals surface area contributed by atoms with Crippen LogP contribution in [0.5, 0.6) is 0 Å². The van der Waals surface area contributed by atoms with Crippen molar-refractivity contribution in [3.05, 3.63) is 107 Å². The van der Waals surface area contributed by atoms with E-state index in [-0.39, 0.29) is 56.1 Å². The summed E-state index contributed by atoms with van der Waals surface area (Å²) < 4.78 is 0. The number of fused-ring (bicyclic) bond motifs is 4. The summed E-state index contributed by atoms with van der Waals surface area (Å²) >= 11 is 0. The first kappa shape index (κ1) is 26.1. The molecule has 0 fully saturated rings. The standard InChI is InChI=1S/C27H26Si.2ClH.Zr/c1-4-17-27(18-16-20-10-6-8-14-25(20)27)28(2,3)26-15-9-13-23-22-12-7-5-11-21(22)19-24(23)26;;;/h4-18H,19H2,1-3H3;2*1H;/b17-4-;;;. The molecule has 0 amide bonds. The number of allylic oxidation sites excluding steroid dienone is 3. The fourth-order valence-electron chi connectivity index (χ4n) is 5.46. The molecule has 1 unspecified atom stereocenters. The van der Waals surface area contributed by atoms with E-state index in [4.69, 9.17) is 0 Å². The van der Waals surface area contributed by atoms with Crippen molar-refractivity contribution < 1.29 is 26.2 Å². The van der Waals surface area contributed by atoms with Gasteiger partial charge in [0.15, 0.2) is 0 Å². The van der Waals surface area contributed by atoms with Crippen molar-refractivity contribution in [2.45, 2.75) is 31.5 Å². The molecule has 0 bridgehead atoms. The van der Waals surface area contributed by atoms with Gasteiger partial charge in [-0.05, 0) is 46.7 Å². The minimum atomic E-state index is -1.94. The first-order chi connectivity index (χ1) is 13.6. The fourth-order valence-corrected chi connectivity index (χ4v) is 9.38. The quantitative estimate of drug-likeness (QED) is 0.191. The summed E-state index contributed by atoms with van der Waals surface area (Å²) in [5.74, 6) is 0. The van der Waals surface area contributed by atoms with Crippen LogP contribution in [0.4, 0.5) is 0 Å². The van der Waals surface area contributed by atoms with Gasteiger partial charge in [0.05, 0.1) is 0 Å². The Morgan fingerprint density at radius 1 is 0.839 bits per heavy atom. The molecule has 0 radical (unpaired) electrons. The van der Waals surface area contributed by atoms with Crippen LogP contribution < -0.4 is 5.19 Å². The van der Waals surface area contributed by atoms with Crippen LogP contribution in [-0.4, -0.2) is 8.07 Å². The van der Waals surface area contributed by atoms with Crippen LogP contribution in [0.25, 0.3) is 17.2 Å². The maximum atomic E-state index is 2.55. The summed E-state index contributed by atoms with van der Waals surface area (Å²) in [4.78, 5) is 0. The zero-order chi connectivity index (χ0) is 19.4. The fraction of sp³-hybridized carbons (Fsp3) is 0.185. The van der Waals surface area contributed by atoms with E-state index in [1.165, 1.54) is 27.8 Å². The van der Waals surface area contributed by atoms with Gasteiger partial charge in [0, 0.05) is 31.2 Å². The smallest absolute Gasteiger partial charge is 0.101 e. The molecule has 0 heterocycles. The predicted molar refractivity (Wildman–Crippen MR) is 138 cm³/mol. The molecular formula is C27H28Cl2SiZr. The Morgan fingerprint density at radius 3 is 2.29 bits per heavy atom. The summed E-state index contributed by atoms with van der Waals surface area (Å²) in [7, 11) is -1.94. The van der Waals surface area contributed by atoms with Crippen LogP contribution in [0, 0.1) is 0 Å². The minimum Gasteiger partial charge on any atom is -0.147 e. The molecule has 5 rings (SSSR count). The van der Waals surface area contributed by atoms with Crippen molar-refractivity contribution in [1.82, 2.24) is 0 Å². The Morgan fingerprint density at radius 2 is 1.52 bits per heavy atom. The Hall–Kier alpha value is -1.18. The van der Waals surface area contributed by atoms with Crippen LogP contribution in [-0.2, 0) is 37.7 Å². The Kier molecular flexibility index (Phi) is 8.20. The number of halogens is 2. The van der Waals surface area contributed by atoms with Crippen molar-refractivity contribution in [2.24, 2.45) is 0 Å².